The third-order valence-corrected chi connectivity index (χ3v) is 1.73. The Bertz CT molecular complexity index is 339. The van der Waals surface area contributed by atoms with E-state index in [1.54, 1.807) is 27.7 Å². The van der Waals surface area contributed by atoms with Gasteiger partial charge in [-0.25, -0.2) is 14.5 Å². The number of rotatable bonds is 1. The summed E-state index contributed by atoms with van der Waals surface area (Å²) in [6.07, 6.45) is 0.356. The van der Waals surface area contributed by atoms with E-state index in [4.69, 9.17) is 5.11 Å². The average molecular weight is 198 g/mol. The summed E-state index contributed by atoms with van der Waals surface area (Å²) in [7, 11) is 0. The lowest BCUT2D eigenvalue weighted by molar-refractivity contribution is 0.184. The van der Waals surface area contributed by atoms with Gasteiger partial charge in [0.15, 0.2) is 0 Å². The predicted molar refractivity (Wildman–Crippen MR) is 50.8 cm³/mol. The number of aromatic nitrogens is 3. The van der Waals surface area contributed by atoms with Gasteiger partial charge in [0.2, 0.25) is 0 Å². The summed E-state index contributed by atoms with van der Waals surface area (Å²) >= 11 is 0. The number of hydrogen-bond acceptors (Lipinski definition) is 3. The summed E-state index contributed by atoms with van der Waals surface area (Å²) in [6, 6.07) is 0. The third kappa shape index (κ3) is 1.84. The van der Waals surface area contributed by atoms with E-state index in [1.165, 1.54) is 16.0 Å². The highest BCUT2D eigenvalue weighted by Gasteiger charge is 2.29. The maximum Gasteiger partial charge on any atom is 0.427 e. The maximum absolute atomic E-state index is 11.0. The van der Waals surface area contributed by atoms with E-state index in [0.717, 1.165) is 0 Å². The minimum absolute atomic E-state index is 0.529. The van der Waals surface area contributed by atoms with Crippen LogP contribution in [0.4, 0.5) is 4.79 Å². The molecule has 0 aliphatic carbocycles. The highest BCUT2D eigenvalue weighted by atomic mass is 16.4. The Kier molecular flexibility index (Phi) is 2.46. The highest BCUT2D eigenvalue weighted by Crippen LogP contribution is 2.12. The summed E-state index contributed by atoms with van der Waals surface area (Å²) in [5.41, 5.74) is -0.529. The fourth-order valence-electron chi connectivity index (χ4n) is 1.19. The molecule has 0 atom stereocenters. The van der Waals surface area contributed by atoms with Gasteiger partial charge in [0.05, 0.1) is 5.54 Å². The summed E-state index contributed by atoms with van der Waals surface area (Å²) < 4.78 is 1.42. The van der Waals surface area contributed by atoms with Crippen molar-refractivity contribution >= 4 is 6.09 Å². The Morgan fingerprint density at radius 2 is 2.14 bits per heavy atom. The Morgan fingerprint density at radius 1 is 1.57 bits per heavy atom. The van der Waals surface area contributed by atoms with Crippen molar-refractivity contribution in [2.45, 2.75) is 33.2 Å². The van der Waals surface area contributed by atoms with Crippen LogP contribution in [0.3, 0.4) is 0 Å². The molecule has 1 N–H and O–H groups in total. The van der Waals surface area contributed by atoms with E-state index in [0.29, 0.717) is 5.82 Å². The second kappa shape index (κ2) is 3.28. The molecular formula is C8H14N4O2. The van der Waals surface area contributed by atoms with Crippen LogP contribution in [-0.2, 0) is 0 Å². The van der Waals surface area contributed by atoms with Crippen LogP contribution in [0.5, 0.6) is 0 Å². The monoisotopic (exact) mass is 198 g/mol. The largest absolute Gasteiger partial charge is 0.464 e. The van der Waals surface area contributed by atoms with Crippen LogP contribution in [0.2, 0.25) is 0 Å². The maximum atomic E-state index is 11.0. The van der Waals surface area contributed by atoms with Gasteiger partial charge >= 0.3 is 6.09 Å². The summed E-state index contributed by atoms with van der Waals surface area (Å²) in [4.78, 5) is 11.0. The van der Waals surface area contributed by atoms with E-state index >= 15 is 0 Å². The zero-order chi connectivity index (χ0) is 10.9. The minimum atomic E-state index is -1.03. The zero-order valence-electron chi connectivity index (χ0n) is 8.72. The van der Waals surface area contributed by atoms with Crippen molar-refractivity contribution < 1.29 is 9.90 Å². The molecule has 6 heteroatoms. The summed E-state index contributed by atoms with van der Waals surface area (Å²) in [6.45, 7) is 7.12. The SMILES string of the molecule is Cc1nncn1N(C(=O)O)C(C)(C)C. The Hall–Kier alpha value is -1.59. The van der Waals surface area contributed by atoms with Crippen molar-refractivity contribution in [3.63, 3.8) is 0 Å². The molecule has 1 aromatic rings. The third-order valence-electron chi connectivity index (χ3n) is 1.73. The van der Waals surface area contributed by atoms with E-state index < -0.39 is 11.6 Å². The molecule has 0 fully saturated rings. The molecule has 1 rings (SSSR count). The molecule has 0 aromatic carbocycles. The minimum Gasteiger partial charge on any atom is -0.464 e. The van der Waals surface area contributed by atoms with Crippen LogP contribution in [0.1, 0.15) is 26.6 Å². The molecule has 1 heterocycles. The summed E-state index contributed by atoms with van der Waals surface area (Å²) in [5, 5.41) is 17.6. The molecular weight excluding hydrogens is 184 g/mol. The number of hydrogen-bond donors (Lipinski definition) is 1. The molecule has 0 unspecified atom stereocenters. The molecule has 0 saturated heterocycles. The molecule has 0 radical (unpaired) electrons. The Labute approximate surface area is 82.1 Å². The molecule has 0 saturated carbocycles. The van der Waals surface area contributed by atoms with Gasteiger partial charge in [0, 0.05) is 0 Å². The van der Waals surface area contributed by atoms with Gasteiger partial charge in [-0.15, -0.1) is 10.2 Å². The number of carboxylic acid groups (broad SMARTS) is 1. The molecule has 1 aromatic heterocycles. The van der Waals surface area contributed by atoms with Crippen molar-refractivity contribution in [3.05, 3.63) is 12.2 Å². The molecule has 0 spiro atoms. The van der Waals surface area contributed by atoms with Crippen LogP contribution < -0.4 is 5.01 Å². The first-order chi connectivity index (χ1) is 6.34. The quantitative estimate of drug-likeness (QED) is 0.730. The van der Waals surface area contributed by atoms with Gasteiger partial charge in [-0.1, -0.05) is 0 Å². The molecule has 6 nitrogen and oxygen atoms in total. The number of nitrogens with zero attached hydrogens (tertiary/aromatic N) is 4. The van der Waals surface area contributed by atoms with Crippen molar-refractivity contribution in [1.29, 1.82) is 0 Å². The van der Waals surface area contributed by atoms with Crippen LogP contribution >= 0.6 is 0 Å². The van der Waals surface area contributed by atoms with Crippen molar-refractivity contribution in [2.75, 3.05) is 5.01 Å². The van der Waals surface area contributed by atoms with Gasteiger partial charge in [0.25, 0.3) is 0 Å². The lowest BCUT2D eigenvalue weighted by Crippen LogP contribution is -2.52. The van der Waals surface area contributed by atoms with E-state index in [9.17, 15) is 4.79 Å². The van der Waals surface area contributed by atoms with Crippen LogP contribution in [-0.4, -0.2) is 31.6 Å². The molecule has 0 aliphatic rings. The highest BCUT2D eigenvalue weighted by molar-refractivity contribution is 5.77. The second-order valence-corrected chi connectivity index (χ2v) is 3.99. The van der Waals surface area contributed by atoms with Gasteiger partial charge < -0.3 is 5.11 Å². The first kappa shape index (κ1) is 10.5. The normalized spacial score (nSPS) is 11.4. The fourth-order valence-corrected chi connectivity index (χ4v) is 1.19. The van der Waals surface area contributed by atoms with Gasteiger partial charge in [-0.2, -0.15) is 0 Å². The van der Waals surface area contributed by atoms with Gasteiger partial charge in [-0.05, 0) is 27.7 Å². The van der Waals surface area contributed by atoms with E-state index in [-0.39, 0.29) is 0 Å². The van der Waals surface area contributed by atoms with Gasteiger partial charge in [-0.3, -0.25) is 0 Å². The lowest BCUT2D eigenvalue weighted by atomic mass is 10.1. The molecule has 0 bridgehead atoms. The van der Waals surface area contributed by atoms with Crippen molar-refractivity contribution in [3.8, 4) is 0 Å². The Balaban J connectivity index is 3.14. The molecule has 0 aliphatic heterocycles. The average Bonchev–Trinajstić information content (AvgIpc) is 2.32. The topological polar surface area (TPSA) is 71.2 Å². The smallest absolute Gasteiger partial charge is 0.427 e. The standard InChI is InChI=1S/C8H14N4O2/c1-6-10-9-5-11(6)12(7(13)14)8(2,3)4/h5H,1-4H3,(H,13,14). The second-order valence-electron chi connectivity index (χ2n) is 3.99. The Morgan fingerprint density at radius 3 is 2.43 bits per heavy atom. The summed E-state index contributed by atoms with van der Waals surface area (Å²) in [5.74, 6) is 0.544. The first-order valence-electron chi connectivity index (χ1n) is 4.24. The number of amides is 1. The van der Waals surface area contributed by atoms with Crippen LogP contribution in [0.25, 0.3) is 0 Å². The van der Waals surface area contributed by atoms with Crippen LogP contribution in [0, 0.1) is 6.92 Å². The lowest BCUT2D eigenvalue weighted by Gasteiger charge is -2.33. The van der Waals surface area contributed by atoms with Crippen molar-refractivity contribution in [2.24, 2.45) is 0 Å². The predicted octanol–water partition coefficient (Wildman–Crippen LogP) is 1.00. The van der Waals surface area contributed by atoms with E-state index in [1.807, 2.05) is 0 Å². The van der Waals surface area contributed by atoms with E-state index in [2.05, 4.69) is 10.2 Å². The molecule has 78 valence electrons. The number of carbonyl (C=O) groups is 1. The fraction of sp³-hybridized carbons (Fsp3) is 0.625. The zero-order valence-corrected chi connectivity index (χ0v) is 8.72. The molecule has 1 amide bonds. The van der Waals surface area contributed by atoms with Crippen LogP contribution in [0.15, 0.2) is 6.33 Å². The van der Waals surface area contributed by atoms with Gasteiger partial charge in [0.1, 0.15) is 12.2 Å². The number of aryl methyl sites for hydroxylation is 1. The molecule has 14 heavy (non-hydrogen) atoms. The first-order valence-corrected chi connectivity index (χ1v) is 4.24. The van der Waals surface area contributed by atoms with Crippen molar-refractivity contribution in [1.82, 2.24) is 14.9 Å².